The van der Waals surface area contributed by atoms with E-state index in [0.29, 0.717) is 10.7 Å². The zero-order valence-corrected chi connectivity index (χ0v) is 17.3. The molecule has 1 aromatic heterocycles. The third-order valence-corrected chi connectivity index (χ3v) is 6.06. The molecule has 26 heavy (non-hydrogen) atoms. The van der Waals surface area contributed by atoms with Gasteiger partial charge in [-0.2, -0.15) is 11.8 Å². The number of hydrogen-bond acceptors (Lipinski definition) is 5. The molecule has 140 valence electrons. The van der Waals surface area contributed by atoms with E-state index in [0.717, 1.165) is 42.9 Å². The molecule has 2 heterocycles. The number of piperidine rings is 1. The molecule has 1 fully saturated rings. The Kier molecular flexibility index (Phi) is 6.73. The monoisotopic (exact) mass is 389 g/mol. The van der Waals surface area contributed by atoms with Crippen molar-refractivity contribution in [2.24, 2.45) is 11.8 Å². The summed E-state index contributed by atoms with van der Waals surface area (Å²) in [7, 11) is 0. The largest absolute Gasteiger partial charge is 0.298 e. The molecular formula is C20H27N3OS2. The maximum absolute atomic E-state index is 12.4. The van der Waals surface area contributed by atoms with Crippen molar-refractivity contribution in [3.63, 3.8) is 0 Å². The molecule has 1 saturated heterocycles. The van der Waals surface area contributed by atoms with Gasteiger partial charge in [0.1, 0.15) is 0 Å². The summed E-state index contributed by atoms with van der Waals surface area (Å²) in [5, 5.41) is 5.66. The van der Waals surface area contributed by atoms with E-state index in [1.54, 1.807) is 11.8 Å². The summed E-state index contributed by atoms with van der Waals surface area (Å²) in [5.41, 5.74) is 2.95. The predicted molar refractivity (Wildman–Crippen MR) is 112 cm³/mol. The number of nitrogens with one attached hydrogen (secondary N) is 1. The lowest BCUT2D eigenvalue weighted by Gasteiger charge is -2.34. The summed E-state index contributed by atoms with van der Waals surface area (Å²) in [6.45, 7) is 7.77. The first-order valence-electron chi connectivity index (χ1n) is 9.09. The number of aromatic nitrogens is 1. The third-order valence-electron chi connectivity index (χ3n) is 4.63. The highest BCUT2D eigenvalue weighted by atomic mass is 32.2. The lowest BCUT2D eigenvalue weighted by Crippen LogP contribution is -2.38. The van der Waals surface area contributed by atoms with E-state index in [1.807, 2.05) is 24.3 Å². The molecule has 1 aliphatic rings. The van der Waals surface area contributed by atoms with Gasteiger partial charge in [0.25, 0.3) is 5.91 Å². The van der Waals surface area contributed by atoms with Crippen molar-refractivity contribution >= 4 is 34.1 Å². The molecule has 6 heteroatoms. The van der Waals surface area contributed by atoms with Gasteiger partial charge in [-0.25, -0.2) is 4.98 Å². The average Bonchev–Trinajstić information content (AvgIpc) is 3.01. The van der Waals surface area contributed by atoms with Crippen LogP contribution >= 0.6 is 23.1 Å². The van der Waals surface area contributed by atoms with Crippen molar-refractivity contribution in [3.05, 3.63) is 46.5 Å². The summed E-state index contributed by atoms with van der Waals surface area (Å²) >= 11 is 3.28. The van der Waals surface area contributed by atoms with Gasteiger partial charge in [0, 0.05) is 36.3 Å². The fourth-order valence-corrected chi connectivity index (χ4v) is 4.90. The predicted octanol–water partition coefficient (Wildman–Crippen LogP) is 4.74. The Morgan fingerprint density at radius 1 is 1.27 bits per heavy atom. The second-order valence-electron chi connectivity index (χ2n) is 7.37. The fraction of sp³-hybridized carbons (Fsp3) is 0.500. The molecule has 4 nitrogen and oxygen atoms in total. The summed E-state index contributed by atoms with van der Waals surface area (Å²) in [6.07, 6.45) is 3.39. The highest BCUT2D eigenvalue weighted by Gasteiger charge is 2.22. The Bertz CT molecular complexity index is 719. The summed E-state index contributed by atoms with van der Waals surface area (Å²) < 4.78 is 0. The second kappa shape index (κ2) is 9.02. The number of rotatable bonds is 6. The van der Waals surface area contributed by atoms with E-state index in [1.165, 1.54) is 23.3 Å². The molecule has 1 amide bonds. The van der Waals surface area contributed by atoms with E-state index < -0.39 is 0 Å². The average molecular weight is 390 g/mol. The fourth-order valence-electron chi connectivity index (χ4n) is 3.68. The van der Waals surface area contributed by atoms with Crippen LogP contribution in [0.4, 0.5) is 5.13 Å². The Balaban J connectivity index is 1.56. The van der Waals surface area contributed by atoms with Crippen molar-refractivity contribution in [1.29, 1.82) is 0 Å². The molecule has 2 unspecified atom stereocenters. The van der Waals surface area contributed by atoms with Crippen molar-refractivity contribution in [1.82, 2.24) is 9.88 Å². The Labute approximate surface area is 164 Å². The molecule has 3 rings (SSSR count). The molecule has 0 aliphatic carbocycles. The number of likely N-dealkylation sites (tertiary alicyclic amines) is 1. The number of anilines is 1. The molecule has 1 N–H and O–H groups in total. The molecule has 0 bridgehead atoms. The van der Waals surface area contributed by atoms with E-state index in [-0.39, 0.29) is 5.91 Å². The smallest absolute Gasteiger partial charge is 0.257 e. The molecule has 0 spiro atoms. The van der Waals surface area contributed by atoms with Gasteiger partial charge in [0.05, 0.1) is 5.69 Å². The highest BCUT2D eigenvalue weighted by Crippen LogP contribution is 2.24. The summed E-state index contributed by atoms with van der Waals surface area (Å²) in [6, 6.07) is 7.78. The maximum atomic E-state index is 12.4. The summed E-state index contributed by atoms with van der Waals surface area (Å²) in [5.74, 6) is 2.35. The first kappa shape index (κ1) is 19.4. The van der Waals surface area contributed by atoms with Crippen LogP contribution in [0.5, 0.6) is 0 Å². The molecule has 2 aromatic rings. The van der Waals surface area contributed by atoms with Crippen LogP contribution in [0.2, 0.25) is 0 Å². The molecule has 1 aliphatic heterocycles. The SMILES string of the molecule is CSCc1ccc(C(=O)Nc2nc(CN3CC(C)CC(C)C3)cs2)cc1. The van der Waals surface area contributed by atoms with Crippen LogP contribution in [0, 0.1) is 11.8 Å². The highest BCUT2D eigenvalue weighted by molar-refractivity contribution is 7.97. The van der Waals surface area contributed by atoms with E-state index in [4.69, 9.17) is 0 Å². The molecular weight excluding hydrogens is 362 g/mol. The quantitative estimate of drug-likeness (QED) is 0.775. The molecule has 0 radical (unpaired) electrons. The van der Waals surface area contributed by atoms with Gasteiger partial charge in [-0.15, -0.1) is 11.3 Å². The number of amides is 1. The Morgan fingerprint density at radius 3 is 2.62 bits per heavy atom. The minimum atomic E-state index is -0.0955. The normalized spacial score (nSPS) is 20.9. The van der Waals surface area contributed by atoms with Crippen molar-refractivity contribution in [2.75, 3.05) is 24.7 Å². The van der Waals surface area contributed by atoms with Gasteiger partial charge in [-0.1, -0.05) is 26.0 Å². The third kappa shape index (κ3) is 5.32. The Morgan fingerprint density at radius 2 is 1.96 bits per heavy atom. The van der Waals surface area contributed by atoms with Crippen LogP contribution in [0.1, 0.15) is 41.9 Å². The van der Waals surface area contributed by atoms with Gasteiger partial charge in [-0.05, 0) is 42.2 Å². The maximum Gasteiger partial charge on any atom is 0.257 e. The minimum Gasteiger partial charge on any atom is -0.298 e. The van der Waals surface area contributed by atoms with Gasteiger partial charge in [-0.3, -0.25) is 15.0 Å². The minimum absolute atomic E-state index is 0.0955. The van der Waals surface area contributed by atoms with Crippen molar-refractivity contribution in [2.45, 2.75) is 32.6 Å². The molecule has 2 atom stereocenters. The van der Waals surface area contributed by atoms with Gasteiger partial charge >= 0.3 is 0 Å². The van der Waals surface area contributed by atoms with Gasteiger partial charge in [0.15, 0.2) is 5.13 Å². The van der Waals surface area contributed by atoms with Crippen LogP contribution in [0.25, 0.3) is 0 Å². The van der Waals surface area contributed by atoms with Crippen LogP contribution in [0.15, 0.2) is 29.6 Å². The van der Waals surface area contributed by atoms with E-state index in [2.05, 4.69) is 40.7 Å². The van der Waals surface area contributed by atoms with E-state index >= 15 is 0 Å². The number of benzene rings is 1. The van der Waals surface area contributed by atoms with Crippen LogP contribution in [-0.4, -0.2) is 35.1 Å². The zero-order chi connectivity index (χ0) is 18.5. The van der Waals surface area contributed by atoms with E-state index in [9.17, 15) is 4.79 Å². The topological polar surface area (TPSA) is 45.2 Å². The molecule has 0 saturated carbocycles. The zero-order valence-electron chi connectivity index (χ0n) is 15.7. The van der Waals surface area contributed by atoms with Crippen molar-refractivity contribution < 1.29 is 4.79 Å². The second-order valence-corrected chi connectivity index (χ2v) is 9.09. The Hall–Kier alpha value is -1.37. The number of hydrogen-bond donors (Lipinski definition) is 1. The standard InChI is InChI=1S/C20H27N3OS2/c1-14-8-15(2)10-23(9-14)11-18-13-26-20(21-18)22-19(24)17-6-4-16(5-7-17)12-25-3/h4-7,13-15H,8-12H2,1-3H3,(H,21,22,24). The lowest BCUT2D eigenvalue weighted by atomic mass is 9.92. The summed E-state index contributed by atoms with van der Waals surface area (Å²) in [4.78, 5) is 19.5. The first-order chi connectivity index (χ1) is 12.5. The number of thiazole rings is 1. The number of thioether (sulfide) groups is 1. The van der Waals surface area contributed by atoms with Crippen LogP contribution < -0.4 is 5.32 Å². The van der Waals surface area contributed by atoms with Gasteiger partial charge in [0.2, 0.25) is 0 Å². The number of carbonyl (C=O) groups is 1. The number of carbonyl (C=O) groups excluding carboxylic acids is 1. The van der Waals surface area contributed by atoms with Crippen LogP contribution in [-0.2, 0) is 12.3 Å². The first-order valence-corrected chi connectivity index (χ1v) is 11.4. The van der Waals surface area contributed by atoms with Gasteiger partial charge < -0.3 is 0 Å². The number of nitrogens with zero attached hydrogens (tertiary/aromatic N) is 2. The lowest BCUT2D eigenvalue weighted by molar-refractivity contribution is 0.102. The van der Waals surface area contributed by atoms with Crippen molar-refractivity contribution in [3.8, 4) is 0 Å². The molecule has 1 aromatic carbocycles. The van der Waals surface area contributed by atoms with Crippen LogP contribution in [0.3, 0.4) is 0 Å².